The van der Waals surface area contributed by atoms with Gasteiger partial charge in [0.05, 0.1) is 4.90 Å². The van der Waals surface area contributed by atoms with Crippen LogP contribution in [0.1, 0.15) is 18.4 Å². The largest absolute Gasteiger partial charge is 0.399 e. The highest BCUT2D eigenvalue weighted by molar-refractivity contribution is 7.89. The lowest BCUT2D eigenvalue weighted by Gasteiger charge is -2.22. The topological polar surface area (TPSA) is 89.3 Å². The SMILES string of the molecule is Cc1ccc(N)cc1S(=O)(=O)NC1CCS(=O)CC1. The molecule has 1 fully saturated rings. The minimum Gasteiger partial charge on any atom is -0.399 e. The van der Waals surface area contributed by atoms with Gasteiger partial charge < -0.3 is 5.73 Å². The maximum absolute atomic E-state index is 12.3. The Morgan fingerprint density at radius 3 is 2.58 bits per heavy atom. The third kappa shape index (κ3) is 3.55. The second kappa shape index (κ2) is 5.60. The maximum Gasteiger partial charge on any atom is 0.241 e. The smallest absolute Gasteiger partial charge is 0.241 e. The minimum absolute atomic E-state index is 0.136. The summed E-state index contributed by atoms with van der Waals surface area (Å²) in [6, 6.07) is 4.71. The number of anilines is 1. The summed E-state index contributed by atoms with van der Waals surface area (Å²) in [6.07, 6.45) is 1.24. The van der Waals surface area contributed by atoms with Crippen molar-refractivity contribution >= 4 is 26.5 Å². The van der Waals surface area contributed by atoms with E-state index >= 15 is 0 Å². The molecule has 2 rings (SSSR count). The number of hydrogen-bond acceptors (Lipinski definition) is 4. The van der Waals surface area contributed by atoms with Gasteiger partial charge in [0.2, 0.25) is 10.0 Å². The Morgan fingerprint density at radius 2 is 1.95 bits per heavy atom. The Bertz CT molecular complexity index is 589. The van der Waals surface area contributed by atoms with Gasteiger partial charge in [-0.15, -0.1) is 0 Å². The van der Waals surface area contributed by atoms with Gasteiger partial charge in [-0.2, -0.15) is 0 Å². The molecular weight excluding hydrogens is 284 g/mol. The summed E-state index contributed by atoms with van der Waals surface area (Å²) < 4.78 is 38.6. The molecular formula is C12H18N2O3S2. The molecule has 0 saturated carbocycles. The third-order valence-corrected chi connectivity index (χ3v) is 6.26. The highest BCUT2D eigenvalue weighted by Crippen LogP contribution is 2.20. The van der Waals surface area contributed by atoms with Gasteiger partial charge in [-0.05, 0) is 37.5 Å². The van der Waals surface area contributed by atoms with E-state index in [1.165, 1.54) is 6.07 Å². The number of nitrogens with one attached hydrogen (secondary N) is 1. The van der Waals surface area contributed by atoms with Gasteiger partial charge in [0.1, 0.15) is 0 Å². The number of sulfonamides is 1. The molecule has 0 unspecified atom stereocenters. The molecule has 0 atom stereocenters. The van der Waals surface area contributed by atoms with Crippen LogP contribution in [0.3, 0.4) is 0 Å². The summed E-state index contributed by atoms with van der Waals surface area (Å²) in [5, 5.41) is 0. The quantitative estimate of drug-likeness (QED) is 0.807. The highest BCUT2D eigenvalue weighted by Gasteiger charge is 2.25. The fraction of sp³-hybridized carbons (Fsp3) is 0.500. The molecule has 1 aliphatic rings. The monoisotopic (exact) mass is 302 g/mol. The van der Waals surface area contributed by atoms with Crippen LogP contribution in [0.4, 0.5) is 5.69 Å². The first kappa shape index (κ1) is 14.5. The summed E-state index contributed by atoms with van der Waals surface area (Å²) in [5.74, 6) is 1.12. The van der Waals surface area contributed by atoms with Crippen molar-refractivity contribution in [3.8, 4) is 0 Å². The summed E-state index contributed by atoms with van der Waals surface area (Å²) >= 11 is 0. The lowest BCUT2D eigenvalue weighted by molar-refractivity contribution is 0.521. The van der Waals surface area contributed by atoms with Gasteiger partial charge in [0, 0.05) is 34.0 Å². The first-order chi connectivity index (χ1) is 8.88. The second-order valence-corrected chi connectivity index (χ2v) is 8.15. The van der Waals surface area contributed by atoms with Crippen molar-refractivity contribution in [1.29, 1.82) is 0 Å². The van der Waals surface area contributed by atoms with Gasteiger partial charge in [0.25, 0.3) is 0 Å². The molecule has 19 heavy (non-hydrogen) atoms. The van der Waals surface area contributed by atoms with Crippen molar-refractivity contribution in [2.75, 3.05) is 17.2 Å². The van der Waals surface area contributed by atoms with E-state index in [-0.39, 0.29) is 10.9 Å². The van der Waals surface area contributed by atoms with E-state index in [0.717, 1.165) is 0 Å². The molecule has 0 spiro atoms. The van der Waals surface area contributed by atoms with E-state index in [1.807, 2.05) is 0 Å². The molecule has 1 aromatic carbocycles. The number of rotatable bonds is 3. The average Bonchev–Trinajstić information content (AvgIpc) is 2.35. The van der Waals surface area contributed by atoms with Crippen LogP contribution in [0.15, 0.2) is 23.1 Å². The molecule has 0 radical (unpaired) electrons. The number of benzene rings is 1. The van der Waals surface area contributed by atoms with E-state index in [0.29, 0.717) is 35.6 Å². The molecule has 3 N–H and O–H groups in total. The lowest BCUT2D eigenvalue weighted by Crippen LogP contribution is -2.39. The first-order valence-electron chi connectivity index (χ1n) is 6.12. The van der Waals surface area contributed by atoms with E-state index in [2.05, 4.69) is 4.72 Å². The molecule has 106 valence electrons. The van der Waals surface area contributed by atoms with Gasteiger partial charge in [-0.1, -0.05) is 6.07 Å². The molecule has 1 aromatic rings. The highest BCUT2D eigenvalue weighted by atomic mass is 32.2. The Hall–Kier alpha value is -0.920. The molecule has 7 heteroatoms. The van der Waals surface area contributed by atoms with Gasteiger partial charge in [0.15, 0.2) is 0 Å². The Morgan fingerprint density at radius 1 is 1.32 bits per heavy atom. The third-order valence-electron chi connectivity index (χ3n) is 3.21. The van der Waals surface area contributed by atoms with Crippen molar-refractivity contribution in [2.45, 2.75) is 30.7 Å². The zero-order chi connectivity index (χ0) is 14.0. The minimum atomic E-state index is -3.56. The van der Waals surface area contributed by atoms with Crippen molar-refractivity contribution in [2.24, 2.45) is 0 Å². The number of nitrogens with two attached hydrogens (primary N) is 1. The van der Waals surface area contributed by atoms with Crippen molar-refractivity contribution in [1.82, 2.24) is 4.72 Å². The van der Waals surface area contributed by atoms with Crippen LogP contribution < -0.4 is 10.5 Å². The second-order valence-electron chi connectivity index (χ2n) is 4.77. The summed E-state index contributed by atoms with van der Waals surface area (Å²) in [5.41, 5.74) is 6.74. The van der Waals surface area contributed by atoms with E-state index in [1.54, 1.807) is 19.1 Å². The summed E-state index contributed by atoms with van der Waals surface area (Å²) in [4.78, 5) is 0.221. The van der Waals surface area contributed by atoms with Crippen LogP contribution in [0, 0.1) is 6.92 Å². The van der Waals surface area contributed by atoms with Crippen molar-refractivity contribution in [3.05, 3.63) is 23.8 Å². The number of hydrogen-bond donors (Lipinski definition) is 2. The van der Waals surface area contributed by atoms with E-state index < -0.39 is 20.8 Å². The van der Waals surface area contributed by atoms with Gasteiger partial charge in [-0.3, -0.25) is 4.21 Å². The van der Waals surface area contributed by atoms with Crippen molar-refractivity contribution < 1.29 is 12.6 Å². The Labute approximate surface area is 116 Å². The molecule has 1 aliphatic heterocycles. The Kier molecular flexibility index (Phi) is 4.27. The standard InChI is InChI=1S/C12H18N2O3S2/c1-9-2-3-10(13)8-12(9)19(16,17)14-11-4-6-18(15)7-5-11/h2-3,8,11,14H,4-7,13H2,1H3. The van der Waals surface area contributed by atoms with E-state index in [4.69, 9.17) is 5.73 Å². The van der Waals surface area contributed by atoms with Gasteiger partial charge >= 0.3 is 0 Å². The van der Waals surface area contributed by atoms with Gasteiger partial charge in [-0.25, -0.2) is 13.1 Å². The fourth-order valence-corrected chi connectivity index (χ4v) is 4.98. The van der Waals surface area contributed by atoms with Crippen LogP contribution in [-0.4, -0.2) is 30.2 Å². The molecule has 5 nitrogen and oxygen atoms in total. The number of aryl methyl sites for hydroxylation is 1. The molecule has 0 bridgehead atoms. The van der Waals surface area contributed by atoms with Crippen LogP contribution in [0.2, 0.25) is 0 Å². The molecule has 0 amide bonds. The Balaban J connectivity index is 2.18. The first-order valence-corrected chi connectivity index (χ1v) is 9.09. The van der Waals surface area contributed by atoms with Crippen LogP contribution in [0.25, 0.3) is 0 Å². The van der Waals surface area contributed by atoms with E-state index in [9.17, 15) is 12.6 Å². The zero-order valence-electron chi connectivity index (χ0n) is 10.8. The lowest BCUT2D eigenvalue weighted by atomic mass is 10.2. The van der Waals surface area contributed by atoms with Crippen LogP contribution >= 0.6 is 0 Å². The maximum atomic E-state index is 12.3. The zero-order valence-corrected chi connectivity index (χ0v) is 12.4. The summed E-state index contributed by atoms with van der Waals surface area (Å²) in [6.45, 7) is 1.74. The van der Waals surface area contributed by atoms with Crippen LogP contribution in [-0.2, 0) is 20.8 Å². The van der Waals surface area contributed by atoms with Crippen molar-refractivity contribution in [3.63, 3.8) is 0 Å². The average molecular weight is 302 g/mol. The molecule has 0 aromatic heterocycles. The summed E-state index contributed by atoms with van der Waals surface area (Å²) in [7, 11) is -4.36. The molecule has 1 saturated heterocycles. The van der Waals surface area contributed by atoms with Crippen LogP contribution in [0.5, 0.6) is 0 Å². The molecule has 0 aliphatic carbocycles. The predicted octanol–water partition coefficient (Wildman–Crippen LogP) is 0.767. The fourth-order valence-electron chi connectivity index (χ4n) is 2.10. The number of nitrogen functional groups attached to an aromatic ring is 1. The normalized spacial score (nSPS) is 24.3. The molecule has 1 heterocycles. The predicted molar refractivity (Wildman–Crippen MR) is 76.8 cm³/mol.